The summed E-state index contributed by atoms with van der Waals surface area (Å²) >= 11 is 0. The number of rotatable bonds is 4. The molecule has 2 fully saturated rings. The molecule has 1 aromatic carbocycles. The molecule has 2 aliphatic heterocycles. The number of amides is 1. The molecule has 0 bridgehead atoms. The number of carbonyl (C=O) groups excluding carboxylic acids is 1. The molecule has 2 saturated heterocycles. The maximum absolute atomic E-state index is 12.9. The molecular formula is C17H25N3O3S. The summed E-state index contributed by atoms with van der Waals surface area (Å²) in [6, 6.07) is 6.48. The highest BCUT2D eigenvalue weighted by Gasteiger charge is 2.29. The summed E-state index contributed by atoms with van der Waals surface area (Å²) in [5.74, 6) is -0.0691. The van der Waals surface area contributed by atoms with E-state index in [0.29, 0.717) is 18.7 Å². The SMILES string of the molecule is CCN1CCN(S(=O)(=O)c2cccc(C(=O)N3CCCC3)c2)CC1. The van der Waals surface area contributed by atoms with Crippen molar-refractivity contribution in [1.29, 1.82) is 0 Å². The Bertz CT molecular complexity index is 691. The third kappa shape index (κ3) is 3.48. The number of nitrogens with zero attached hydrogens (tertiary/aromatic N) is 3. The Morgan fingerprint density at radius 1 is 1.04 bits per heavy atom. The Hall–Kier alpha value is -1.44. The summed E-state index contributed by atoms with van der Waals surface area (Å²) in [7, 11) is -3.54. The molecule has 6 nitrogen and oxygen atoms in total. The highest BCUT2D eigenvalue weighted by atomic mass is 32.2. The van der Waals surface area contributed by atoms with E-state index in [2.05, 4.69) is 11.8 Å². The normalized spacial score (nSPS) is 20.5. The van der Waals surface area contributed by atoms with Crippen LogP contribution in [0.1, 0.15) is 30.1 Å². The predicted octanol–water partition coefficient (Wildman–Crippen LogP) is 1.25. The third-order valence-electron chi connectivity index (χ3n) is 4.89. The van der Waals surface area contributed by atoms with Crippen LogP contribution in [0.3, 0.4) is 0 Å². The number of sulfonamides is 1. The molecule has 0 aliphatic carbocycles. The van der Waals surface area contributed by atoms with Crippen LogP contribution in [0.2, 0.25) is 0 Å². The van der Waals surface area contributed by atoms with Crippen molar-refractivity contribution < 1.29 is 13.2 Å². The molecule has 3 rings (SSSR count). The van der Waals surface area contributed by atoms with Crippen LogP contribution < -0.4 is 0 Å². The van der Waals surface area contributed by atoms with E-state index in [1.54, 1.807) is 23.1 Å². The van der Waals surface area contributed by atoms with Gasteiger partial charge in [0.1, 0.15) is 0 Å². The Morgan fingerprint density at radius 3 is 2.33 bits per heavy atom. The molecule has 0 aromatic heterocycles. The fourth-order valence-corrected chi connectivity index (χ4v) is 4.80. The molecule has 0 spiro atoms. The standard InChI is InChI=1S/C17H25N3O3S/c1-2-18-10-12-20(13-11-18)24(22,23)16-7-5-6-15(14-16)17(21)19-8-3-4-9-19/h5-7,14H,2-4,8-13H2,1H3. The van der Waals surface area contributed by atoms with Crippen LogP contribution >= 0.6 is 0 Å². The molecule has 2 aliphatic rings. The fraction of sp³-hybridized carbons (Fsp3) is 0.588. The van der Waals surface area contributed by atoms with E-state index < -0.39 is 10.0 Å². The number of likely N-dealkylation sites (tertiary alicyclic amines) is 1. The smallest absolute Gasteiger partial charge is 0.253 e. The van der Waals surface area contributed by atoms with Crippen molar-refractivity contribution in [2.75, 3.05) is 45.8 Å². The summed E-state index contributed by atoms with van der Waals surface area (Å²) in [5, 5.41) is 0. The predicted molar refractivity (Wildman–Crippen MR) is 92.5 cm³/mol. The van der Waals surface area contributed by atoms with Gasteiger partial charge in [0, 0.05) is 44.8 Å². The van der Waals surface area contributed by atoms with Gasteiger partial charge >= 0.3 is 0 Å². The van der Waals surface area contributed by atoms with Crippen molar-refractivity contribution in [3.8, 4) is 0 Å². The van der Waals surface area contributed by atoms with Crippen LogP contribution in [0.5, 0.6) is 0 Å². The second kappa shape index (κ2) is 7.21. The number of benzene rings is 1. The lowest BCUT2D eigenvalue weighted by Crippen LogP contribution is -2.48. The van der Waals surface area contributed by atoms with Crippen molar-refractivity contribution in [2.45, 2.75) is 24.7 Å². The minimum absolute atomic E-state index is 0.0691. The maximum Gasteiger partial charge on any atom is 0.253 e. The Kier molecular flexibility index (Phi) is 5.22. The first-order chi connectivity index (χ1) is 11.5. The van der Waals surface area contributed by atoms with Gasteiger partial charge in [0.25, 0.3) is 5.91 Å². The lowest BCUT2D eigenvalue weighted by molar-refractivity contribution is 0.0792. The molecule has 0 saturated carbocycles. The van der Waals surface area contributed by atoms with Crippen molar-refractivity contribution in [2.24, 2.45) is 0 Å². The highest BCUT2D eigenvalue weighted by Crippen LogP contribution is 2.20. The largest absolute Gasteiger partial charge is 0.339 e. The number of likely N-dealkylation sites (N-methyl/N-ethyl adjacent to an activating group) is 1. The molecule has 0 N–H and O–H groups in total. The second-order valence-corrected chi connectivity index (χ2v) is 8.30. The monoisotopic (exact) mass is 351 g/mol. The van der Waals surface area contributed by atoms with E-state index in [-0.39, 0.29) is 10.8 Å². The van der Waals surface area contributed by atoms with Gasteiger partial charge in [0.15, 0.2) is 0 Å². The average Bonchev–Trinajstić information content (AvgIpc) is 3.16. The number of hydrogen-bond acceptors (Lipinski definition) is 4. The van der Waals surface area contributed by atoms with Crippen LogP contribution in [0, 0.1) is 0 Å². The zero-order valence-corrected chi connectivity index (χ0v) is 15.0. The first-order valence-corrected chi connectivity index (χ1v) is 10.1. The van der Waals surface area contributed by atoms with Gasteiger partial charge in [-0.05, 0) is 37.6 Å². The van der Waals surface area contributed by atoms with E-state index in [1.165, 1.54) is 10.4 Å². The van der Waals surface area contributed by atoms with Gasteiger partial charge < -0.3 is 9.80 Å². The zero-order valence-electron chi connectivity index (χ0n) is 14.1. The van der Waals surface area contributed by atoms with Crippen LogP contribution in [0.25, 0.3) is 0 Å². The molecule has 0 radical (unpaired) electrons. The molecule has 24 heavy (non-hydrogen) atoms. The van der Waals surface area contributed by atoms with Crippen LogP contribution in [-0.2, 0) is 10.0 Å². The molecule has 7 heteroatoms. The van der Waals surface area contributed by atoms with Gasteiger partial charge in [-0.3, -0.25) is 4.79 Å². The van der Waals surface area contributed by atoms with Gasteiger partial charge in [-0.1, -0.05) is 13.0 Å². The Morgan fingerprint density at radius 2 is 1.71 bits per heavy atom. The van der Waals surface area contributed by atoms with Crippen LogP contribution in [0.4, 0.5) is 0 Å². The molecule has 1 aromatic rings. The van der Waals surface area contributed by atoms with Crippen LogP contribution in [-0.4, -0.2) is 74.2 Å². The minimum atomic E-state index is -3.54. The molecule has 2 heterocycles. The van der Waals surface area contributed by atoms with Gasteiger partial charge in [-0.2, -0.15) is 4.31 Å². The molecule has 0 unspecified atom stereocenters. The second-order valence-electron chi connectivity index (χ2n) is 6.37. The summed E-state index contributed by atoms with van der Waals surface area (Å²) < 4.78 is 27.2. The zero-order chi connectivity index (χ0) is 17.2. The fourth-order valence-electron chi connectivity index (χ4n) is 3.33. The van der Waals surface area contributed by atoms with Gasteiger partial charge in [-0.25, -0.2) is 8.42 Å². The third-order valence-corrected chi connectivity index (χ3v) is 6.79. The summed E-state index contributed by atoms with van der Waals surface area (Å²) in [6.45, 7) is 7.04. The van der Waals surface area contributed by atoms with Gasteiger partial charge in [-0.15, -0.1) is 0 Å². The van der Waals surface area contributed by atoms with Crippen molar-refractivity contribution >= 4 is 15.9 Å². The Balaban J connectivity index is 1.78. The average molecular weight is 351 g/mol. The first-order valence-electron chi connectivity index (χ1n) is 8.64. The molecular weight excluding hydrogens is 326 g/mol. The van der Waals surface area contributed by atoms with Gasteiger partial charge in [0.2, 0.25) is 10.0 Å². The quantitative estimate of drug-likeness (QED) is 0.819. The maximum atomic E-state index is 12.9. The van der Waals surface area contributed by atoms with E-state index in [4.69, 9.17) is 0 Å². The van der Waals surface area contributed by atoms with E-state index >= 15 is 0 Å². The number of piperazine rings is 1. The molecule has 0 atom stereocenters. The summed E-state index contributed by atoms with van der Waals surface area (Å²) in [6.07, 6.45) is 2.04. The number of hydrogen-bond donors (Lipinski definition) is 0. The van der Waals surface area contributed by atoms with Crippen molar-refractivity contribution in [3.63, 3.8) is 0 Å². The topological polar surface area (TPSA) is 60.9 Å². The van der Waals surface area contributed by atoms with E-state index in [1.807, 2.05) is 0 Å². The Labute approximate surface area is 144 Å². The van der Waals surface area contributed by atoms with E-state index in [0.717, 1.165) is 45.6 Å². The summed E-state index contributed by atoms with van der Waals surface area (Å²) in [5.41, 5.74) is 0.463. The minimum Gasteiger partial charge on any atom is -0.339 e. The molecule has 132 valence electrons. The molecule has 1 amide bonds. The lowest BCUT2D eigenvalue weighted by atomic mass is 10.2. The van der Waals surface area contributed by atoms with E-state index in [9.17, 15) is 13.2 Å². The van der Waals surface area contributed by atoms with Crippen molar-refractivity contribution in [3.05, 3.63) is 29.8 Å². The van der Waals surface area contributed by atoms with Crippen molar-refractivity contribution in [1.82, 2.24) is 14.1 Å². The van der Waals surface area contributed by atoms with Crippen LogP contribution in [0.15, 0.2) is 29.2 Å². The number of carbonyl (C=O) groups is 1. The summed E-state index contributed by atoms with van der Waals surface area (Å²) in [4.78, 5) is 16.7. The van der Waals surface area contributed by atoms with Gasteiger partial charge in [0.05, 0.1) is 4.90 Å². The lowest BCUT2D eigenvalue weighted by Gasteiger charge is -2.33. The highest BCUT2D eigenvalue weighted by molar-refractivity contribution is 7.89. The first kappa shape index (κ1) is 17.4.